The van der Waals surface area contributed by atoms with Crippen LogP contribution in [0.4, 0.5) is 0 Å². The van der Waals surface area contributed by atoms with Gasteiger partial charge in [0.25, 0.3) is 0 Å². The Labute approximate surface area is 112 Å². The average molecular weight is 255 g/mol. The lowest BCUT2D eigenvalue weighted by Crippen LogP contribution is -2.44. The molecule has 0 heterocycles. The van der Waals surface area contributed by atoms with Gasteiger partial charge < -0.3 is 5.11 Å². The summed E-state index contributed by atoms with van der Waals surface area (Å²) in [7, 11) is 1.99. The first-order chi connectivity index (χ1) is 8.47. The fourth-order valence-corrected chi connectivity index (χ4v) is 3.28. The molecule has 1 rings (SSSR count). The van der Waals surface area contributed by atoms with Crippen LogP contribution >= 0.6 is 0 Å². The molecule has 3 heteroatoms. The smallest absolute Gasteiger partial charge is 0.320 e. The zero-order chi connectivity index (χ0) is 13.7. The van der Waals surface area contributed by atoms with Gasteiger partial charge in [-0.1, -0.05) is 33.6 Å². The van der Waals surface area contributed by atoms with Crippen LogP contribution in [-0.2, 0) is 4.79 Å². The van der Waals surface area contributed by atoms with Gasteiger partial charge in [0.05, 0.1) is 0 Å². The van der Waals surface area contributed by atoms with Crippen molar-refractivity contribution in [2.45, 2.75) is 71.4 Å². The summed E-state index contributed by atoms with van der Waals surface area (Å²) in [5.74, 6) is 0.911. The molecule has 1 saturated carbocycles. The summed E-state index contributed by atoms with van der Waals surface area (Å²) in [5, 5.41) is 9.24. The number of hydrogen-bond acceptors (Lipinski definition) is 2. The Kier molecular flexibility index (Phi) is 6.13. The summed E-state index contributed by atoms with van der Waals surface area (Å²) < 4.78 is 0. The monoisotopic (exact) mass is 255 g/mol. The molecule has 0 aromatic rings. The molecule has 0 amide bonds. The second kappa shape index (κ2) is 7.13. The number of carboxylic acids is 1. The lowest BCUT2D eigenvalue weighted by molar-refractivity contribution is -0.143. The van der Waals surface area contributed by atoms with Crippen LogP contribution < -0.4 is 0 Å². The van der Waals surface area contributed by atoms with Crippen LogP contribution in [0.5, 0.6) is 0 Å². The molecular formula is C15H29NO2. The van der Waals surface area contributed by atoms with Gasteiger partial charge in [-0.3, -0.25) is 9.69 Å². The fraction of sp³-hybridized carbons (Fsp3) is 0.933. The van der Waals surface area contributed by atoms with Crippen molar-refractivity contribution in [3.63, 3.8) is 0 Å². The number of carbonyl (C=O) groups is 1. The third-order valence-electron chi connectivity index (χ3n) is 4.67. The number of hydrogen-bond donors (Lipinski definition) is 1. The van der Waals surface area contributed by atoms with Gasteiger partial charge in [-0.15, -0.1) is 0 Å². The predicted molar refractivity (Wildman–Crippen MR) is 74.7 cm³/mol. The fourth-order valence-electron chi connectivity index (χ4n) is 3.28. The summed E-state index contributed by atoms with van der Waals surface area (Å²) in [6.45, 7) is 6.57. The van der Waals surface area contributed by atoms with Gasteiger partial charge in [0.1, 0.15) is 6.04 Å². The van der Waals surface area contributed by atoms with Crippen molar-refractivity contribution in [2.24, 2.45) is 11.8 Å². The lowest BCUT2D eigenvalue weighted by atomic mass is 9.89. The van der Waals surface area contributed by atoms with E-state index in [0.29, 0.717) is 12.5 Å². The molecule has 3 unspecified atom stereocenters. The van der Waals surface area contributed by atoms with E-state index in [-0.39, 0.29) is 6.04 Å². The Morgan fingerprint density at radius 1 is 1.28 bits per heavy atom. The zero-order valence-electron chi connectivity index (χ0n) is 12.4. The van der Waals surface area contributed by atoms with E-state index in [9.17, 15) is 9.90 Å². The van der Waals surface area contributed by atoms with Crippen molar-refractivity contribution >= 4 is 5.97 Å². The molecule has 1 fully saturated rings. The average Bonchev–Trinajstić information content (AvgIpc) is 2.54. The minimum absolute atomic E-state index is 0.314. The molecule has 3 atom stereocenters. The Morgan fingerprint density at radius 2 is 1.94 bits per heavy atom. The first-order valence-electron chi connectivity index (χ1n) is 7.42. The number of aliphatic carboxylic acids is 1. The van der Waals surface area contributed by atoms with Crippen LogP contribution in [0.3, 0.4) is 0 Å². The molecule has 0 aromatic heterocycles. The number of likely N-dealkylation sites (N-methyl/N-ethyl adjacent to an activating group) is 1. The van der Waals surface area contributed by atoms with Crippen molar-refractivity contribution in [1.29, 1.82) is 0 Å². The van der Waals surface area contributed by atoms with Gasteiger partial charge in [0, 0.05) is 6.04 Å². The first kappa shape index (κ1) is 15.5. The van der Waals surface area contributed by atoms with Crippen molar-refractivity contribution in [3.8, 4) is 0 Å². The van der Waals surface area contributed by atoms with Crippen molar-refractivity contribution in [2.75, 3.05) is 7.05 Å². The third kappa shape index (κ3) is 3.98. The van der Waals surface area contributed by atoms with Gasteiger partial charge in [-0.2, -0.15) is 0 Å². The van der Waals surface area contributed by atoms with E-state index in [0.717, 1.165) is 24.7 Å². The van der Waals surface area contributed by atoms with Crippen molar-refractivity contribution in [3.05, 3.63) is 0 Å². The number of carboxylic acid groups (broad SMARTS) is 1. The van der Waals surface area contributed by atoms with E-state index in [4.69, 9.17) is 0 Å². The highest BCUT2D eigenvalue weighted by atomic mass is 16.4. The van der Waals surface area contributed by atoms with Crippen LogP contribution in [0.25, 0.3) is 0 Å². The van der Waals surface area contributed by atoms with Gasteiger partial charge in [0.15, 0.2) is 0 Å². The molecule has 0 saturated heterocycles. The van der Waals surface area contributed by atoms with Crippen LogP contribution in [-0.4, -0.2) is 35.1 Å². The van der Waals surface area contributed by atoms with Gasteiger partial charge in [-0.05, 0) is 44.6 Å². The molecule has 106 valence electrons. The highest BCUT2D eigenvalue weighted by Crippen LogP contribution is 2.31. The van der Waals surface area contributed by atoms with Crippen molar-refractivity contribution < 1.29 is 9.90 Å². The predicted octanol–water partition coefficient (Wildman–Crippen LogP) is 3.39. The molecule has 1 N–H and O–H groups in total. The maximum absolute atomic E-state index is 11.2. The highest BCUT2D eigenvalue weighted by Gasteiger charge is 2.29. The molecule has 0 spiro atoms. The van der Waals surface area contributed by atoms with Gasteiger partial charge in [-0.25, -0.2) is 0 Å². The molecule has 1 aliphatic rings. The van der Waals surface area contributed by atoms with E-state index >= 15 is 0 Å². The molecule has 0 aromatic carbocycles. The topological polar surface area (TPSA) is 40.5 Å². The second-order valence-electron chi connectivity index (χ2n) is 6.09. The van der Waals surface area contributed by atoms with Crippen LogP contribution in [0, 0.1) is 11.8 Å². The SMILES string of the molecule is CCC(C(=O)O)N(C)C1CCCC(C(C)C)CC1. The Morgan fingerprint density at radius 3 is 2.44 bits per heavy atom. The molecule has 0 aliphatic heterocycles. The first-order valence-corrected chi connectivity index (χ1v) is 7.42. The molecule has 3 nitrogen and oxygen atoms in total. The van der Waals surface area contributed by atoms with Crippen LogP contribution in [0.1, 0.15) is 59.3 Å². The maximum atomic E-state index is 11.2. The maximum Gasteiger partial charge on any atom is 0.320 e. The number of nitrogens with zero attached hydrogens (tertiary/aromatic N) is 1. The second-order valence-corrected chi connectivity index (χ2v) is 6.09. The molecular weight excluding hydrogens is 226 g/mol. The van der Waals surface area contributed by atoms with E-state index < -0.39 is 5.97 Å². The minimum Gasteiger partial charge on any atom is -0.480 e. The van der Waals surface area contributed by atoms with Crippen molar-refractivity contribution in [1.82, 2.24) is 4.90 Å². The van der Waals surface area contributed by atoms with Crippen LogP contribution in [0.2, 0.25) is 0 Å². The lowest BCUT2D eigenvalue weighted by Gasteiger charge is -2.32. The van der Waals surface area contributed by atoms with E-state index in [1.165, 1.54) is 19.3 Å². The third-order valence-corrected chi connectivity index (χ3v) is 4.67. The van der Waals surface area contributed by atoms with E-state index in [1.807, 2.05) is 14.0 Å². The quantitative estimate of drug-likeness (QED) is 0.766. The molecule has 0 radical (unpaired) electrons. The zero-order valence-corrected chi connectivity index (χ0v) is 12.4. The number of rotatable bonds is 5. The summed E-state index contributed by atoms with van der Waals surface area (Å²) in [5.41, 5.74) is 0. The van der Waals surface area contributed by atoms with Gasteiger partial charge in [0.2, 0.25) is 0 Å². The summed E-state index contributed by atoms with van der Waals surface area (Å²) in [6.07, 6.45) is 6.81. The molecule has 1 aliphatic carbocycles. The summed E-state index contributed by atoms with van der Waals surface area (Å²) >= 11 is 0. The normalized spacial score (nSPS) is 27.2. The molecule has 0 bridgehead atoms. The Hall–Kier alpha value is -0.570. The van der Waals surface area contributed by atoms with E-state index in [1.54, 1.807) is 0 Å². The Bertz CT molecular complexity index is 265. The highest BCUT2D eigenvalue weighted by molar-refractivity contribution is 5.73. The molecule has 18 heavy (non-hydrogen) atoms. The Balaban J connectivity index is 2.59. The van der Waals surface area contributed by atoms with Crippen LogP contribution in [0.15, 0.2) is 0 Å². The minimum atomic E-state index is -0.676. The largest absolute Gasteiger partial charge is 0.480 e. The standard InChI is InChI=1S/C15H29NO2/c1-5-14(15(17)18)16(4)13-8-6-7-12(9-10-13)11(2)3/h11-14H,5-10H2,1-4H3,(H,17,18). The summed E-state index contributed by atoms with van der Waals surface area (Å²) in [4.78, 5) is 13.3. The van der Waals surface area contributed by atoms with E-state index in [2.05, 4.69) is 18.7 Å². The van der Waals surface area contributed by atoms with Gasteiger partial charge >= 0.3 is 5.97 Å². The summed E-state index contributed by atoms with van der Waals surface area (Å²) in [6, 6.07) is 0.139.